The van der Waals surface area contributed by atoms with Gasteiger partial charge in [0.1, 0.15) is 13.2 Å². The number of aliphatic carboxylic acids is 1. The highest BCUT2D eigenvalue weighted by Crippen LogP contribution is 2.43. The van der Waals surface area contributed by atoms with Gasteiger partial charge in [0.15, 0.2) is 23.0 Å². The summed E-state index contributed by atoms with van der Waals surface area (Å²) in [6.45, 7) is -0.846. The highest BCUT2D eigenvalue weighted by atomic mass is 16.5. The van der Waals surface area contributed by atoms with Crippen LogP contribution in [0.25, 0.3) is 0 Å². The van der Waals surface area contributed by atoms with Gasteiger partial charge in [-0.3, -0.25) is 43.5 Å². The van der Waals surface area contributed by atoms with Crippen LogP contribution in [0.3, 0.4) is 0 Å². The van der Waals surface area contributed by atoms with Crippen LogP contribution in [0.15, 0.2) is 96.0 Å². The number of anilines is 4. The van der Waals surface area contributed by atoms with E-state index in [0.29, 0.717) is 88.1 Å². The predicted molar refractivity (Wildman–Crippen MR) is 273 cm³/mol. The van der Waals surface area contributed by atoms with E-state index in [4.69, 9.17) is 29.0 Å². The van der Waals surface area contributed by atoms with E-state index in [1.165, 1.54) is 14.2 Å². The summed E-state index contributed by atoms with van der Waals surface area (Å²) in [5, 5.41) is 22.3. The minimum Gasteiger partial charge on any atom is -0.493 e. The number of aliphatic imine (C=N–C) groups is 1. The van der Waals surface area contributed by atoms with E-state index < -0.39 is 42.7 Å². The summed E-state index contributed by atoms with van der Waals surface area (Å²) in [7, 11) is 2.97. The summed E-state index contributed by atoms with van der Waals surface area (Å²) < 4.78 is 24.3. The van der Waals surface area contributed by atoms with E-state index in [1.54, 1.807) is 47.5 Å². The molecule has 2 atom stereocenters. The SMILES string of the molecule is COc1cc2c(cc1OCc1cc(COc3cc4c(cc3OC)C(=O)N3c5ccccc5C[C@H]3CN4)cc(NC(=O)CNC(=O)CNC(=O)CNC(=O)CCCCC(=O)O)c1)N=CC1Cc3ccccc3N1C2=O. The predicted octanol–water partition coefficient (Wildman–Crippen LogP) is 5.08. The van der Waals surface area contributed by atoms with Crippen molar-refractivity contribution in [3.05, 3.63) is 124 Å². The molecule has 74 heavy (non-hydrogen) atoms. The third kappa shape index (κ3) is 11.2. The Balaban J connectivity index is 0.889. The second-order valence-corrected chi connectivity index (χ2v) is 18.1. The topological polar surface area (TPSA) is 256 Å². The molecule has 20 heteroatoms. The Bertz CT molecular complexity index is 3090. The number of hydrogen-bond acceptors (Lipinski definition) is 13. The van der Waals surface area contributed by atoms with Gasteiger partial charge in [-0.2, -0.15) is 0 Å². The molecule has 4 heterocycles. The number of nitrogens with one attached hydrogen (secondary N) is 5. The maximum Gasteiger partial charge on any atom is 0.303 e. The maximum atomic E-state index is 14.1. The average molecular weight is 1010 g/mol. The third-order valence-electron chi connectivity index (χ3n) is 13.0. The highest BCUT2D eigenvalue weighted by molar-refractivity contribution is 6.15. The van der Waals surface area contributed by atoms with Gasteiger partial charge in [0.05, 0.1) is 68.4 Å². The minimum absolute atomic E-state index is 0.0245. The van der Waals surface area contributed by atoms with E-state index in [0.717, 1.165) is 28.9 Å². The zero-order valence-electron chi connectivity index (χ0n) is 40.7. The van der Waals surface area contributed by atoms with Gasteiger partial charge >= 0.3 is 5.97 Å². The zero-order chi connectivity index (χ0) is 51.9. The van der Waals surface area contributed by atoms with Crippen LogP contribution < -0.4 is 55.3 Å². The molecule has 0 saturated heterocycles. The van der Waals surface area contributed by atoms with Crippen molar-refractivity contribution in [1.29, 1.82) is 0 Å². The van der Waals surface area contributed by atoms with Crippen LogP contribution in [0.4, 0.5) is 28.4 Å². The van der Waals surface area contributed by atoms with Crippen molar-refractivity contribution >= 4 is 76.1 Å². The van der Waals surface area contributed by atoms with Crippen molar-refractivity contribution in [1.82, 2.24) is 16.0 Å². The summed E-state index contributed by atoms with van der Waals surface area (Å²) >= 11 is 0. The molecule has 0 fully saturated rings. The van der Waals surface area contributed by atoms with Crippen molar-refractivity contribution in [2.45, 2.75) is 63.8 Å². The lowest BCUT2D eigenvalue weighted by atomic mass is 10.1. The first kappa shape index (κ1) is 50.0. The Kier molecular flexibility index (Phi) is 15.0. The number of unbranched alkanes of at least 4 members (excludes halogenated alkanes) is 1. The van der Waals surface area contributed by atoms with Crippen molar-refractivity contribution in [3.8, 4) is 23.0 Å². The monoisotopic (exact) mass is 1010 g/mol. The van der Waals surface area contributed by atoms with Gasteiger partial charge in [-0.1, -0.05) is 36.4 Å². The molecule has 5 aromatic rings. The summed E-state index contributed by atoms with van der Waals surface area (Å²) in [6.07, 6.45) is 3.79. The molecule has 0 radical (unpaired) electrons. The lowest BCUT2D eigenvalue weighted by molar-refractivity contribution is -0.137. The van der Waals surface area contributed by atoms with Gasteiger partial charge in [-0.15, -0.1) is 0 Å². The molecule has 5 aromatic carbocycles. The molecule has 0 saturated carbocycles. The number of hydrogen-bond donors (Lipinski definition) is 6. The molecule has 0 bridgehead atoms. The summed E-state index contributed by atoms with van der Waals surface area (Å²) in [6, 6.07) is 27.2. The van der Waals surface area contributed by atoms with Gasteiger partial charge in [-0.25, -0.2) is 0 Å². The smallest absolute Gasteiger partial charge is 0.303 e. The second-order valence-electron chi connectivity index (χ2n) is 18.1. The molecular weight excluding hydrogens is 953 g/mol. The Labute approximate surface area is 425 Å². The number of amides is 6. The van der Waals surface area contributed by atoms with Crippen LogP contribution in [0.5, 0.6) is 23.0 Å². The number of carbonyl (C=O) groups excluding carboxylic acids is 6. The molecular formula is C54H54N8O12. The number of ether oxygens (including phenoxy) is 4. The number of methoxy groups -OCH3 is 2. The summed E-state index contributed by atoms with van der Waals surface area (Å²) in [5.41, 5.74) is 7.22. The van der Waals surface area contributed by atoms with Crippen LogP contribution in [0, 0.1) is 0 Å². The van der Waals surface area contributed by atoms with E-state index >= 15 is 0 Å². The van der Waals surface area contributed by atoms with Crippen LogP contribution in [-0.2, 0) is 50.0 Å². The van der Waals surface area contributed by atoms with Crippen molar-refractivity contribution < 1.29 is 57.6 Å². The van der Waals surface area contributed by atoms with Gasteiger partial charge in [0.25, 0.3) is 11.8 Å². The maximum absolute atomic E-state index is 14.1. The molecule has 1 unspecified atom stereocenters. The lowest BCUT2D eigenvalue weighted by Gasteiger charge is -2.22. The average Bonchev–Trinajstić information content (AvgIpc) is 3.89. The molecule has 0 spiro atoms. The first-order chi connectivity index (χ1) is 35.8. The zero-order valence-corrected chi connectivity index (χ0v) is 40.7. The molecule has 6 N–H and O–H groups in total. The molecule has 20 nitrogen and oxygen atoms in total. The summed E-state index contributed by atoms with van der Waals surface area (Å²) in [5.74, 6) is -2.32. The number of carboxylic acids is 1. The minimum atomic E-state index is -0.957. The Morgan fingerprint density at radius 2 is 1.22 bits per heavy atom. The van der Waals surface area contributed by atoms with Gasteiger partial charge in [-0.05, 0) is 84.0 Å². The number of fused-ring (bicyclic) bond motifs is 8. The van der Waals surface area contributed by atoms with E-state index in [9.17, 15) is 33.6 Å². The molecule has 6 amide bonds. The number of nitrogens with zero attached hydrogens (tertiary/aromatic N) is 3. The standard InChI is InChI=1S/C54H54N8O12/c1-71-44-20-38-40(55-24-36-18-33-9-3-5-11-42(33)61(36)53(38)69)22-46(44)73-29-31-15-32(17-35(16-31)60-51(66)28-59-50(65)27-58-49(64)26-57-48(63)13-7-8-14-52(67)68)30-74-47-23-41-39(21-45(47)72-2)54(70)62-37(25-56-41)19-34-10-4-6-12-43(34)62/h3-6,9-12,15-17,20-24,36-37,56H,7-8,13-14,18-19,25-30H2,1-2H3,(H,57,63)(H,58,64)(H,59,65)(H,60,66)(H,67,68)/t36?,37-/m0/s1. The molecule has 0 aromatic heterocycles. The number of para-hydroxylation sites is 2. The van der Waals surface area contributed by atoms with Crippen LogP contribution in [0.1, 0.15) is 68.7 Å². The third-order valence-corrected chi connectivity index (χ3v) is 13.0. The largest absolute Gasteiger partial charge is 0.493 e. The van der Waals surface area contributed by atoms with Crippen LogP contribution in [0.2, 0.25) is 0 Å². The quantitative estimate of drug-likeness (QED) is 0.0557. The highest BCUT2D eigenvalue weighted by Gasteiger charge is 2.39. The first-order valence-electron chi connectivity index (χ1n) is 24.1. The first-order valence-corrected chi connectivity index (χ1v) is 24.1. The number of benzene rings is 5. The number of carbonyl (C=O) groups is 7. The Morgan fingerprint density at radius 3 is 1.88 bits per heavy atom. The van der Waals surface area contributed by atoms with Crippen molar-refractivity contribution in [2.24, 2.45) is 4.99 Å². The van der Waals surface area contributed by atoms with Crippen molar-refractivity contribution in [2.75, 3.05) is 60.8 Å². The van der Waals surface area contributed by atoms with Crippen LogP contribution >= 0.6 is 0 Å². The molecule has 382 valence electrons. The van der Waals surface area contributed by atoms with E-state index in [1.807, 2.05) is 59.5 Å². The lowest BCUT2D eigenvalue weighted by Crippen LogP contribution is -2.43. The van der Waals surface area contributed by atoms with Gasteiger partial charge < -0.3 is 55.5 Å². The van der Waals surface area contributed by atoms with E-state index in [-0.39, 0.29) is 56.5 Å². The number of carboxylic acid groups (broad SMARTS) is 1. The molecule has 0 aliphatic carbocycles. The van der Waals surface area contributed by atoms with Crippen LogP contribution in [-0.4, -0.2) is 105 Å². The molecule has 9 rings (SSSR count). The molecule has 4 aliphatic rings. The van der Waals surface area contributed by atoms with Gasteiger partial charge in [0, 0.05) is 61.2 Å². The second kappa shape index (κ2) is 22.2. The fourth-order valence-electron chi connectivity index (χ4n) is 9.44. The van der Waals surface area contributed by atoms with E-state index in [2.05, 4.69) is 26.6 Å². The fraction of sp³-hybridized carbons (Fsp3) is 0.296. The number of rotatable bonds is 20. The Hall–Kier alpha value is -8.94. The fourth-order valence-corrected chi connectivity index (χ4v) is 9.44. The Morgan fingerprint density at radius 1 is 0.649 bits per heavy atom. The summed E-state index contributed by atoms with van der Waals surface area (Å²) in [4.78, 5) is 97.3. The normalized spacial score (nSPS) is 15.6. The van der Waals surface area contributed by atoms with Gasteiger partial charge in [0.2, 0.25) is 23.6 Å². The van der Waals surface area contributed by atoms with Crippen molar-refractivity contribution in [3.63, 3.8) is 0 Å². The molecule has 4 aliphatic heterocycles.